The standard InChI is InChI=1S/C16H20N2O3/c17-7-1-8-18-9-6-16(10-18)5-4-12-2-3-13-15(14(12)21-16)20-11-19-13/h2-5H,1,6-11,17H2. The third-order valence-corrected chi connectivity index (χ3v) is 4.42. The fourth-order valence-corrected chi connectivity index (χ4v) is 3.29. The molecule has 0 bridgehead atoms. The Bertz CT molecular complexity index is 587. The van der Waals surface area contributed by atoms with Crippen LogP contribution in [0.5, 0.6) is 17.2 Å². The molecule has 5 nitrogen and oxygen atoms in total. The largest absolute Gasteiger partial charge is 0.477 e. The lowest BCUT2D eigenvalue weighted by Gasteiger charge is -2.32. The fraction of sp³-hybridized carbons (Fsp3) is 0.500. The minimum atomic E-state index is -0.233. The molecule has 3 aliphatic rings. The van der Waals surface area contributed by atoms with E-state index in [0.717, 1.165) is 61.8 Å². The van der Waals surface area contributed by atoms with Gasteiger partial charge >= 0.3 is 0 Å². The molecule has 1 aromatic rings. The molecule has 0 amide bonds. The minimum Gasteiger partial charge on any atom is -0.477 e. The molecule has 0 radical (unpaired) electrons. The van der Waals surface area contributed by atoms with Crippen LogP contribution in [0.2, 0.25) is 0 Å². The zero-order valence-corrected chi connectivity index (χ0v) is 12.0. The van der Waals surface area contributed by atoms with Crippen LogP contribution in [0.3, 0.4) is 0 Å². The van der Waals surface area contributed by atoms with Gasteiger partial charge in [0.15, 0.2) is 11.5 Å². The first-order valence-electron chi connectivity index (χ1n) is 7.53. The first kappa shape index (κ1) is 13.0. The van der Waals surface area contributed by atoms with Crippen molar-refractivity contribution in [3.05, 3.63) is 23.8 Å². The number of nitrogens with two attached hydrogens (primary N) is 1. The first-order valence-corrected chi connectivity index (χ1v) is 7.53. The summed E-state index contributed by atoms with van der Waals surface area (Å²) in [7, 11) is 0. The average Bonchev–Trinajstić information content (AvgIpc) is 3.12. The molecule has 4 rings (SSSR count). The maximum Gasteiger partial charge on any atom is 0.231 e. The molecule has 112 valence electrons. The second kappa shape index (κ2) is 4.93. The number of likely N-dealkylation sites (tertiary alicyclic amines) is 1. The molecule has 1 spiro atoms. The SMILES string of the molecule is NCCCN1CCC2(C=Cc3ccc4c(c3O2)OCO4)C1. The molecule has 3 aliphatic heterocycles. The Morgan fingerprint density at radius 2 is 2.19 bits per heavy atom. The van der Waals surface area contributed by atoms with Crippen LogP contribution in [0.1, 0.15) is 18.4 Å². The normalized spacial score (nSPS) is 26.1. The number of rotatable bonds is 3. The van der Waals surface area contributed by atoms with Crippen molar-refractivity contribution in [1.82, 2.24) is 4.90 Å². The number of hydrogen-bond acceptors (Lipinski definition) is 5. The third kappa shape index (κ3) is 2.17. The third-order valence-electron chi connectivity index (χ3n) is 4.42. The van der Waals surface area contributed by atoms with Crippen LogP contribution < -0.4 is 19.9 Å². The van der Waals surface area contributed by atoms with Crippen LogP contribution in [-0.2, 0) is 0 Å². The van der Waals surface area contributed by atoms with Crippen molar-refractivity contribution in [2.24, 2.45) is 5.73 Å². The summed E-state index contributed by atoms with van der Waals surface area (Å²) in [5, 5.41) is 0. The number of benzene rings is 1. The zero-order chi connectivity index (χ0) is 14.3. The molecule has 1 aromatic carbocycles. The Kier molecular flexibility index (Phi) is 3.05. The highest BCUT2D eigenvalue weighted by Crippen LogP contribution is 2.48. The average molecular weight is 288 g/mol. The first-order chi connectivity index (χ1) is 10.3. The molecule has 1 unspecified atom stereocenters. The lowest BCUT2D eigenvalue weighted by Crippen LogP contribution is -2.39. The molecule has 1 fully saturated rings. The van der Waals surface area contributed by atoms with E-state index in [9.17, 15) is 0 Å². The van der Waals surface area contributed by atoms with Crippen molar-refractivity contribution >= 4 is 6.08 Å². The van der Waals surface area contributed by atoms with Crippen molar-refractivity contribution in [3.63, 3.8) is 0 Å². The Morgan fingerprint density at radius 1 is 1.24 bits per heavy atom. The van der Waals surface area contributed by atoms with E-state index in [1.807, 2.05) is 12.1 Å². The monoisotopic (exact) mass is 288 g/mol. The van der Waals surface area contributed by atoms with Crippen LogP contribution in [0.25, 0.3) is 6.08 Å². The van der Waals surface area contributed by atoms with E-state index >= 15 is 0 Å². The van der Waals surface area contributed by atoms with Gasteiger partial charge in [0.05, 0.1) is 0 Å². The topological polar surface area (TPSA) is 57.0 Å². The maximum atomic E-state index is 6.37. The summed E-state index contributed by atoms with van der Waals surface area (Å²) in [6.07, 6.45) is 6.37. The van der Waals surface area contributed by atoms with Crippen molar-refractivity contribution in [2.75, 3.05) is 33.0 Å². The van der Waals surface area contributed by atoms with Gasteiger partial charge in [-0.1, -0.05) is 6.08 Å². The van der Waals surface area contributed by atoms with E-state index in [0.29, 0.717) is 0 Å². The van der Waals surface area contributed by atoms with Gasteiger partial charge in [-0.25, -0.2) is 0 Å². The molecule has 1 atom stereocenters. The van der Waals surface area contributed by atoms with Gasteiger partial charge in [-0.05, 0) is 37.7 Å². The van der Waals surface area contributed by atoms with Gasteiger partial charge in [-0.3, -0.25) is 4.90 Å². The van der Waals surface area contributed by atoms with E-state index in [4.69, 9.17) is 19.9 Å². The maximum absolute atomic E-state index is 6.37. The van der Waals surface area contributed by atoms with E-state index in [2.05, 4.69) is 17.1 Å². The van der Waals surface area contributed by atoms with E-state index < -0.39 is 0 Å². The van der Waals surface area contributed by atoms with Gasteiger partial charge < -0.3 is 19.9 Å². The van der Waals surface area contributed by atoms with Crippen LogP contribution in [0.15, 0.2) is 18.2 Å². The predicted octanol–water partition coefficient (Wildman–Crippen LogP) is 1.61. The van der Waals surface area contributed by atoms with Gasteiger partial charge in [0.2, 0.25) is 12.5 Å². The number of nitrogens with zero attached hydrogens (tertiary/aromatic N) is 1. The molecule has 1 saturated heterocycles. The highest BCUT2D eigenvalue weighted by Gasteiger charge is 2.41. The second-order valence-corrected chi connectivity index (χ2v) is 5.89. The summed E-state index contributed by atoms with van der Waals surface area (Å²) in [5.74, 6) is 2.35. The Morgan fingerprint density at radius 3 is 3.10 bits per heavy atom. The minimum absolute atomic E-state index is 0.233. The van der Waals surface area contributed by atoms with Gasteiger partial charge in [-0.15, -0.1) is 0 Å². The molecular formula is C16H20N2O3. The molecule has 0 aliphatic carbocycles. The van der Waals surface area contributed by atoms with Gasteiger partial charge in [0.25, 0.3) is 0 Å². The van der Waals surface area contributed by atoms with Crippen LogP contribution in [0, 0.1) is 0 Å². The summed E-state index contributed by atoms with van der Waals surface area (Å²) in [6, 6.07) is 3.96. The smallest absolute Gasteiger partial charge is 0.231 e. The van der Waals surface area contributed by atoms with E-state index in [1.54, 1.807) is 0 Å². The summed E-state index contributed by atoms with van der Waals surface area (Å²) < 4.78 is 17.4. The molecule has 2 N–H and O–H groups in total. The molecular weight excluding hydrogens is 268 g/mol. The quantitative estimate of drug-likeness (QED) is 0.916. The molecule has 21 heavy (non-hydrogen) atoms. The summed E-state index contributed by atoms with van der Waals surface area (Å²) in [6.45, 7) is 4.00. The highest BCUT2D eigenvalue weighted by molar-refractivity contribution is 5.69. The van der Waals surface area contributed by atoms with Crippen molar-refractivity contribution in [3.8, 4) is 17.2 Å². The van der Waals surface area contributed by atoms with Crippen LogP contribution in [0.4, 0.5) is 0 Å². The summed E-state index contributed by atoms with van der Waals surface area (Å²) in [4.78, 5) is 2.42. The van der Waals surface area contributed by atoms with Gasteiger partial charge in [0.1, 0.15) is 5.60 Å². The Labute approximate surface area is 124 Å². The summed E-state index contributed by atoms with van der Waals surface area (Å²) >= 11 is 0. The van der Waals surface area contributed by atoms with Crippen molar-refractivity contribution < 1.29 is 14.2 Å². The van der Waals surface area contributed by atoms with Crippen LogP contribution >= 0.6 is 0 Å². The molecule has 3 heterocycles. The van der Waals surface area contributed by atoms with Gasteiger partial charge in [0, 0.05) is 25.1 Å². The highest BCUT2D eigenvalue weighted by atomic mass is 16.7. The lowest BCUT2D eigenvalue weighted by atomic mass is 9.97. The molecule has 0 aromatic heterocycles. The lowest BCUT2D eigenvalue weighted by molar-refractivity contribution is 0.114. The van der Waals surface area contributed by atoms with Crippen LogP contribution in [-0.4, -0.2) is 43.5 Å². The molecule has 5 heteroatoms. The fourth-order valence-electron chi connectivity index (χ4n) is 3.29. The predicted molar refractivity (Wildman–Crippen MR) is 79.7 cm³/mol. The van der Waals surface area contributed by atoms with E-state index in [-0.39, 0.29) is 12.4 Å². The Hall–Kier alpha value is -1.72. The Balaban J connectivity index is 1.58. The number of hydrogen-bond donors (Lipinski definition) is 1. The van der Waals surface area contributed by atoms with Gasteiger partial charge in [-0.2, -0.15) is 0 Å². The van der Waals surface area contributed by atoms with Crippen molar-refractivity contribution in [2.45, 2.75) is 18.4 Å². The zero-order valence-electron chi connectivity index (χ0n) is 12.0. The summed E-state index contributed by atoms with van der Waals surface area (Å²) in [5.41, 5.74) is 6.43. The van der Waals surface area contributed by atoms with E-state index in [1.165, 1.54) is 0 Å². The number of ether oxygens (including phenoxy) is 3. The second-order valence-electron chi connectivity index (χ2n) is 5.89. The molecule has 0 saturated carbocycles. The number of fused-ring (bicyclic) bond motifs is 3. The van der Waals surface area contributed by atoms with Crippen molar-refractivity contribution in [1.29, 1.82) is 0 Å².